The minimum atomic E-state index is -0.306. The molecule has 0 spiro atoms. The number of rotatable bonds is 2. The SMILES string of the molecule is CC1(B2OC(C)(C)C(C)(C)O2)c2cn[nH]c2C=CC1C1CC1. The van der Waals surface area contributed by atoms with Crippen molar-refractivity contribution in [2.45, 2.75) is 64.0 Å². The van der Waals surface area contributed by atoms with Crippen LogP contribution in [0.4, 0.5) is 0 Å². The highest BCUT2D eigenvalue weighted by atomic mass is 16.7. The van der Waals surface area contributed by atoms with Gasteiger partial charge in [-0.2, -0.15) is 5.10 Å². The molecule has 0 amide bonds. The van der Waals surface area contributed by atoms with E-state index in [-0.39, 0.29) is 23.6 Å². The average Bonchev–Trinajstić information content (AvgIpc) is 3.08. The Balaban J connectivity index is 1.79. The first-order valence-corrected chi connectivity index (χ1v) is 8.33. The van der Waals surface area contributed by atoms with Gasteiger partial charge in [0, 0.05) is 10.9 Å². The molecule has 2 heterocycles. The molecule has 5 heteroatoms. The standard InChI is InChI=1S/C17H25BN2O2/c1-15(2)16(3,4)22-18(21-15)17(5)12(11-6-7-11)8-9-14-13(17)10-19-20-14/h8-12H,6-7H2,1-5H3,(H,19,20). The molecule has 2 atom stereocenters. The van der Waals surface area contributed by atoms with Crippen LogP contribution in [-0.2, 0) is 14.6 Å². The zero-order chi connectivity index (χ0) is 15.8. The maximum absolute atomic E-state index is 6.44. The van der Waals surface area contributed by atoms with E-state index in [2.05, 4.69) is 57.0 Å². The molecule has 2 fully saturated rings. The van der Waals surface area contributed by atoms with Crippen LogP contribution in [0, 0.1) is 11.8 Å². The fourth-order valence-electron chi connectivity index (χ4n) is 3.91. The van der Waals surface area contributed by atoms with Gasteiger partial charge in [0.1, 0.15) is 0 Å². The molecule has 4 rings (SSSR count). The van der Waals surface area contributed by atoms with E-state index < -0.39 is 0 Å². The summed E-state index contributed by atoms with van der Waals surface area (Å²) in [7, 11) is -0.246. The highest BCUT2D eigenvalue weighted by Crippen LogP contribution is 2.54. The zero-order valence-corrected chi connectivity index (χ0v) is 14.1. The molecule has 2 aliphatic carbocycles. The van der Waals surface area contributed by atoms with Crippen LogP contribution >= 0.6 is 0 Å². The maximum Gasteiger partial charge on any atom is 0.469 e. The molecule has 22 heavy (non-hydrogen) atoms. The molecule has 0 bridgehead atoms. The number of nitrogens with zero attached hydrogens (tertiary/aromatic N) is 1. The number of aromatic nitrogens is 2. The molecule has 1 saturated heterocycles. The fourth-order valence-corrected chi connectivity index (χ4v) is 3.91. The van der Waals surface area contributed by atoms with Gasteiger partial charge in [-0.3, -0.25) is 5.10 Å². The maximum atomic E-state index is 6.44. The summed E-state index contributed by atoms with van der Waals surface area (Å²) in [6.45, 7) is 10.8. The number of hydrogen-bond acceptors (Lipinski definition) is 3. The highest BCUT2D eigenvalue weighted by Gasteiger charge is 2.63. The van der Waals surface area contributed by atoms with Gasteiger partial charge in [0.2, 0.25) is 0 Å². The third kappa shape index (κ3) is 1.81. The largest absolute Gasteiger partial charge is 0.469 e. The van der Waals surface area contributed by atoms with E-state index in [4.69, 9.17) is 9.31 Å². The number of fused-ring (bicyclic) bond motifs is 1. The molecule has 4 nitrogen and oxygen atoms in total. The third-order valence-electron chi connectivity index (χ3n) is 6.28. The van der Waals surface area contributed by atoms with Gasteiger partial charge in [-0.05, 0) is 58.4 Å². The number of allylic oxidation sites excluding steroid dienone is 1. The topological polar surface area (TPSA) is 47.1 Å². The van der Waals surface area contributed by atoms with E-state index in [0.717, 1.165) is 11.6 Å². The van der Waals surface area contributed by atoms with Crippen molar-refractivity contribution in [3.05, 3.63) is 23.5 Å². The Kier molecular flexibility index (Phi) is 2.82. The Morgan fingerprint density at radius 1 is 1.14 bits per heavy atom. The lowest BCUT2D eigenvalue weighted by Crippen LogP contribution is -2.50. The minimum absolute atomic E-state index is 0.191. The Labute approximate surface area is 132 Å². The fraction of sp³-hybridized carbons (Fsp3) is 0.706. The summed E-state index contributed by atoms with van der Waals surface area (Å²) in [5.41, 5.74) is 1.71. The van der Waals surface area contributed by atoms with Crippen LogP contribution in [-0.4, -0.2) is 28.5 Å². The Morgan fingerprint density at radius 2 is 1.77 bits per heavy atom. The summed E-state index contributed by atoms with van der Waals surface area (Å²) >= 11 is 0. The van der Waals surface area contributed by atoms with Crippen molar-refractivity contribution in [1.82, 2.24) is 10.2 Å². The monoisotopic (exact) mass is 300 g/mol. The highest BCUT2D eigenvalue weighted by molar-refractivity contribution is 6.50. The van der Waals surface area contributed by atoms with Gasteiger partial charge in [-0.1, -0.05) is 13.0 Å². The van der Waals surface area contributed by atoms with Gasteiger partial charge in [0.15, 0.2) is 0 Å². The normalized spacial score (nSPS) is 35.7. The smallest absolute Gasteiger partial charge is 0.403 e. The van der Waals surface area contributed by atoms with Crippen LogP contribution in [0.1, 0.15) is 58.7 Å². The number of H-pyrrole nitrogens is 1. The van der Waals surface area contributed by atoms with Gasteiger partial charge in [0.25, 0.3) is 0 Å². The van der Waals surface area contributed by atoms with Crippen molar-refractivity contribution in [3.8, 4) is 0 Å². The number of hydrogen-bond donors (Lipinski definition) is 1. The first-order chi connectivity index (χ1) is 10.3. The van der Waals surface area contributed by atoms with E-state index in [1.807, 2.05) is 6.20 Å². The van der Waals surface area contributed by atoms with Crippen molar-refractivity contribution in [2.24, 2.45) is 11.8 Å². The van der Waals surface area contributed by atoms with Crippen molar-refractivity contribution in [3.63, 3.8) is 0 Å². The summed E-state index contributed by atoms with van der Waals surface area (Å²) < 4.78 is 12.9. The molecule has 1 aromatic heterocycles. The summed E-state index contributed by atoms with van der Waals surface area (Å²) in [6.07, 6.45) is 9.08. The molecule has 0 radical (unpaired) electrons. The lowest BCUT2D eigenvalue weighted by atomic mass is 9.47. The molecule has 1 saturated carbocycles. The molecule has 118 valence electrons. The number of nitrogens with one attached hydrogen (secondary N) is 1. The van der Waals surface area contributed by atoms with E-state index in [9.17, 15) is 0 Å². The van der Waals surface area contributed by atoms with E-state index in [1.54, 1.807) is 0 Å². The van der Waals surface area contributed by atoms with Crippen molar-refractivity contribution >= 4 is 13.2 Å². The molecule has 0 aromatic carbocycles. The van der Waals surface area contributed by atoms with Crippen molar-refractivity contribution < 1.29 is 9.31 Å². The van der Waals surface area contributed by atoms with Crippen LogP contribution in [0.3, 0.4) is 0 Å². The van der Waals surface area contributed by atoms with Crippen LogP contribution in [0.5, 0.6) is 0 Å². The molecular formula is C17H25BN2O2. The van der Waals surface area contributed by atoms with E-state index in [0.29, 0.717) is 5.92 Å². The quantitative estimate of drug-likeness (QED) is 0.852. The average molecular weight is 300 g/mol. The second kappa shape index (κ2) is 4.27. The van der Waals surface area contributed by atoms with Gasteiger partial charge in [-0.15, -0.1) is 0 Å². The van der Waals surface area contributed by atoms with E-state index >= 15 is 0 Å². The lowest BCUT2D eigenvalue weighted by molar-refractivity contribution is 0.00578. The molecule has 1 aromatic rings. The number of aromatic amines is 1. The van der Waals surface area contributed by atoms with Crippen molar-refractivity contribution in [1.29, 1.82) is 0 Å². The van der Waals surface area contributed by atoms with Crippen LogP contribution in [0.15, 0.2) is 12.3 Å². The second-order valence-corrected chi connectivity index (χ2v) is 8.29. The zero-order valence-electron chi connectivity index (χ0n) is 14.1. The van der Waals surface area contributed by atoms with Crippen molar-refractivity contribution in [2.75, 3.05) is 0 Å². The molecule has 1 N–H and O–H groups in total. The van der Waals surface area contributed by atoms with Crippen LogP contribution in [0.2, 0.25) is 0 Å². The summed E-state index contributed by atoms with van der Waals surface area (Å²) in [5, 5.41) is 7.19. The minimum Gasteiger partial charge on any atom is -0.403 e. The third-order valence-corrected chi connectivity index (χ3v) is 6.28. The predicted octanol–water partition coefficient (Wildman–Crippen LogP) is 3.35. The van der Waals surface area contributed by atoms with Gasteiger partial charge < -0.3 is 9.31 Å². The second-order valence-electron chi connectivity index (χ2n) is 8.29. The summed E-state index contributed by atoms with van der Waals surface area (Å²) in [4.78, 5) is 0. The molecule has 3 aliphatic rings. The van der Waals surface area contributed by atoms with Gasteiger partial charge in [-0.25, -0.2) is 0 Å². The van der Waals surface area contributed by atoms with Crippen LogP contribution in [0.25, 0.3) is 6.08 Å². The lowest BCUT2D eigenvalue weighted by Gasteiger charge is -2.40. The molecule has 2 unspecified atom stereocenters. The van der Waals surface area contributed by atoms with Gasteiger partial charge >= 0.3 is 7.12 Å². The molecular weight excluding hydrogens is 275 g/mol. The Hall–Kier alpha value is -1.07. The first kappa shape index (κ1) is 14.5. The summed E-state index contributed by atoms with van der Waals surface area (Å²) in [5.74, 6) is 1.19. The first-order valence-electron chi connectivity index (χ1n) is 8.33. The Bertz CT molecular complexity index is 616. The van der Waals surface area contributed by atoms with E-state index in [1.165, 1.54) is 18.4 Å². The predicted molar refractivity (Wildman–Crippen MR) is 87.3 cm³/mol. The Morgan fingerprint density at radius 3 is 2.36 bits per heavy atom. The summed E-state index contributed by atoms with van der Waals surface area (Å²) in [6, 6.07) is 0. The molecule has 1 aliphatic heterocycles. The van der Waals surface area contributed by atoms with Gasteiger partial charge in [0.05, 0.1) is 23.1 Å². The van der Waals surface area contributed by atoms with Crippen LogP contribution < -0.4 is 0 Å².